The molecular formula is C22H17ClN2O4. The number of carbonyl (C=O) groups excluding carboxylic acids is 2. The van der Waals surface area contributed by atoms with E-state index in [9.17, 15) is 14.7 Å². The van der Waals surface area contributed by atoms with Gasteiger partial charge in [0.25, 0.3) is 5.78 Å². The van der Waals surface area contributed by atoms with E-state index >= 15 is 0 Å². The SMILES string of the molecule is Cc1ccc(/C(O)=C2/C(=O)C(=O)N(c3cc(C)on3)C2c2cccc(Cl)c2)cc1. The molecule has 1 amide bonds. The molecule has 3 aromatic rings. The summed E-state index contributed by atoms with van der Waals surface area (Å²) < 4.78 is 5.10. The Hall–Kier alpha value is -3.38. The van der Waals surface area contributed by atoms with E-state index in [1.165, 1.54) is 4.90 Å². The Morgan fingerprint density at radius 3 is 2.45 bits per heavy atom. The minimum Gasteiger partial charge on any atom is -0.507 e. The predicted octanol–water partition coefficient (Wildman–Crippen LogP) is 4.57. The van der Waals surface area contributed by atoms with Crippen molar-refractivity contribution in [3.05, 3.63) is 87.6 Å². The fourth-order valence-corrected chi connectivity index (χ4v) is 3.59. The van der Waals surface area contributed by atoms with Crippen LogP contribution >= 0.6 is 11.6 Å². The number of aromatic nitrogens is 1. The molecule has 0 saturated carbocycles. The van der Waals surface area contributed by atoms with E-state index in [0.29, 0.717) is 21.9 Å². The second-order valence-corrected chi connectivity index (χ2v) is 7.32. The lowest BCUT2D eigenvalue weighted by atomic mass is 9.95. The van der Waals surface area contributed by atoms with Crippen molar-refractivity contribution in [3.63, 3.8) is 0 Å². The lowest BCUT2D eigenvalue weighted by Crippen LogP contribution is -2.29. The van der Waals surface area contributed by atoms with Crippen molar-refractivity contribution in [3.8, 4) is 0 Å². The van der Waals surface area contributed by atoms with Crippen molar-refractivity contribution in [1.82, 2.24) is 5.16 Å². The molecule has 0 bridgehead atoms. The fourth-order valence-electron chi connectivity index (χ4n) is 3.39. The molecule has 6 nitrogen and oxygen atoms in total. The molecule has 0 radical (unpaired) electrons. The van der Waals surface area contributed by atoms with Crippen LogP contribution in [0.1, 0.15) is 28.5 Å². The largest absolute Gasteiger partial charge is 0.507 e. The van der Waals surface area contributed by atoms with Gasteiger partial charge < -0.3 is 9.63 Å². The molecule has 146 valence electrons. The number of halogens is 1. The van der Waals surface area contributed by atoms with Crippen LogP contribution < -0.4 is 4.90 Å². The molecule has 7 heteroatoms. The second kappa shape index (κ2) is 7.22. The zero-order valence-electron chi connectivity index (χ0n) is 15.7. The van der Waals surface area contributed by atoms with E-state index in [4.69, 9.17) is 16.1 Å². The quantitative estimate of drug-likeness (QED) is 0.390. The lowest BCUT2D eigenvalue weighted by molar-refractivity contribution is -0.132. The zero-order valence-corrected chi connectivity index (χ0v) is 16.5. The van der Waals surface area contributed by atoms with Gasteiger partial charge in [-0.2, -0.15) is 0 Å². The van der Waals surface area contributed by atoms with Gasteiger partial charge in [-0.15, -0.1) is 0 Å². The number of aryl methyl sites for hydroxylation is 2. The van der Waals surface area contributed by atoms with Gasteiger partial charge >= 0.3 is 5.91 Å². The van der Waals surface area contributed by atoms with E-state index < -0.39 is 17.7 Å². The highest BCUT2D eigenvalue weighted by atomic mass is 35.5. The van der Waals surface area contributed by atoms with Gasteiger partial charge in [0.1, 0.15) is 11.5 Å². The molecule has 1 N–H and O–H groups in total. The molecule has 1 unspecified atom stereocenters. The molecule has 1 saturated heterocycles. The van der Waals surface area contributed by atoms with Gasteiger partial charge in [0.15, 0.2) is 5.82 Å². The Balaban J connectivity index is 1.95. The monoisotopic (exact) mass is 408 g/mol. The number of Topliss-reactive ketones (excluding diaryl/α,β-unsaturated/α-hetero) is 1. The molecule has 1 aliphatic heterocycles. The Bertz CT molecular complexity index is 1150. The van der Waals surface area contributed by atoms with Crippen LogP contribution in [0.25, 0.3) is 5.76 Å². The number of aliphatic hydroxyl groups is 1. The average Bonchev–Trinajstić information content (AvgIpc) is 3.23. The van der Waals surface area contributed by atoms with Crippen LogP contribution in [0.4, 0.5) is 5.82 Å². The predicted molar refractivity (Wildman–Crippen MR) is 109 cm³/mol. The summed E-state index contributed by atoms with van der Waals surface area (Å²) in [5.74, 6) is -1.16. The van der Waals surface area contributed by atoms with Gasteiger partial charge in [-0.05, 0) is 31.5 Å². The number of aliphatic hydroxyl groups excluding tert-OH is 1. The fraction of sp³-hybridized carbons (Fsp3) is 0.136. The molecule has 1 aliphatic rings. The third-order valence-electron chi connectivity index (χ3n) is 4.80. The summed E-state index contributed by atoms with van der Waals surface area (Å²) in [5, 5.41) is 15.3. The molecule has 2 aromatic carbocycles. The summed E-state index contributed by atoms with van der Waals surface area (Å²) in [5.41, 5.74) is 2.00. The third kappa shape index (κ3) is 3.32. The minimum absolute atomic E-state index is 0.0261. The van der Waals surface area contributed by atoms with Gasteiger partial charge in [-0.3, -0.25) is 14.5 Å². The molecule has 1 aromatic heterocycles. The number of amides is 1. The number of nitrogens with zero attached hydrogens (tertiary/aromatic N) is 2. The van der Waals surface area contributed by atoms with E-state index in [1.807, 2.05) is 19.1 Å². The van der Waals surface area contributed by atoms with Crippen molar-refractivity contribution >= 4 is 34.9 Å². The lowest BCUT2D eigenvalue weighted by Gasteiger charge is -2.23. The van der Waals surface area contributed by atoms with Crippen molar-refractivity contribution in [1.29, 1.82) is 0 Å². The third-order valence-corrected chi connectivity index (χ3v) is 5.03. The standard InChI is InChI=1S/C22H17ClN2O4/c1-12-6-8-14(9-7-12)20(26)18-19(15-4-3-5-16(23)11-15)25(22(28)21(18)27)17-10-13(2)29-24-17/h3-11,19,26H,1-2H3/b20-18-. The minimum atomic E-state index is -0.889. The summed E-state index contributed by atoms with van der Waals surface area (Å²) in [4.78, 5) is 27.1. The first-order valence-corrected chi connectivity index (χ1v) is 9.31. The van der Waals surface area contributed by atoms with Crippen molar-refractivity contribution in [2.45, 2.75) is 19.9 Å². The summed E-state index contributed by atoms with van der Waals surface area (Å²) in [6.45, 7) is 3.61. The van der Waals surface area contributed by atoms with Crippen LogP contribution in [-0.4, -0.2) is 22.0 Å². The van der Waals surface area contributed by atoms with Crippen molar-refractivity contribution in [2.75, 3.05) is 4.90 Å². The average molecular weight is 409 g/mol. The number of ketones is 1. The van der Waals surface area contributed by atoms with Crippen LogP contribution in [0.5, 0.6) is 0 Å². The maximum absolute atomic E-state index is 12.9. The van der Waals surface area contributed by atoms with Gasteiger partial charge in [-0.1, -0.05) is 58.7 Å². The van der Waals surface area contributed by atoms with Gasteiger partial charge in [0, 0.05) is 16.7 Å². The molecule has 29 heavy (non-hydrogen) atoms. The first-order chi connectivity index (χ1) is 13.9. The molecular weight excluding hydrogens is 392 g/mol. The molecule has 0 spiro atoms. The van der Waals surface area contributed by atoms with Crippen LogP contribution in [0.2, 0.25) is 5.02 Å². The maximum atomic E-state index is 12.9. The Morgan fingerprint density at radius 2 is 1.83 bits per heavy atom. The Labute approximate surface area is 172 Å². The number of rotatable bonds is 3. The number of anilines is 1. The second-order valence-electron chi connectivity index (χ2n) is 6.89. The van der Waals surface area contributed by atoms with Crippen LogP contribution in [-0.2, 0) is 9.59 Å². The van der Waals surface area contributed by atoms with Crippen LogP contribution in [0.15, 0.2) is 64.7 Å². The summed E-state index contributed by atoms with van der Waals surface area (Å²) in [6.07, 6.45) is 0. The highest BCUT2D eigenvalue weighted by Gasteiger charge is 2.48. The highest BCUT2D eigenvalue weighted by Crippen LogP contribution is 2.42. The summed E-state index contributed by atoms with van der Waals surface area (Å²) in [6, 6.07) is 14.5. The highest BCUT2D eigenvalue weighted by molar-refractivity contribution is 6.51. The molecule has 1 fully saturated rings. The Morgan fingerprint density at radius 1 is 1.10 bits per heavy atom. The first kappa shape index (κ1) is 19.0. The maximum Gasteiger partial charge on any atom is 0.301 e. The first-order valence-electron chi connectivity index (χ1n) is 8.93. The molecule has 4 rings (SSSR count). The van der Waals surface area contributed by atoms with Gasteiger partial charge in [0.05, 0.1) is 11.6 Å². The van der Waals surface area contributed by atoms with E-state index in [2.05, 4.69) is 5.16 Å². The van der Waals surface area contributed by atoms with Crippen molar-refractivity contribution in [2.24, 2.45) is 0 Å². The molecule has 0 aliphatic carbocycles. The number of carbonyl (C=O) groups is 2. The molecule has 2 heterocycles. The van der Waals surface area contributed by atoms with E-state index in [-0.39, 0.29) is 17.2 Å². The Kier molecular flexibility index (Phi) is 4.72. The van der Waals surface area contributed by atoms with E-state index in [0.717, 1.165) is 5.56 Å². The van der Waals surface area contributed by atoms with Crippen LogP contribution in [0.3, 0.4) is 0 Å². The van der Waals surface area contributed by atoms with Gasteiger partial charge in [0.2, 0.25) is 0 Å². The number of hydrogen-bond donors (Lipinski definition) is 1. The number of benzene rings is 2. The molecule has 1 atom stereocenters. The van der Waals surface area contributed by atoms with Gasteiger partial charge in [-0.25, -0.2) is 0 Å². The van der Waals surface area contributed by atoms with E-state index in [1.54, 1.807) is 49.4 Å². The summed E-state index contributed by atoms with van der Waals surface area (Å²) >= 11 is 6.15. The normalized spacial score (nSPS) is 18.4. The smallest absolute Gasteiger partial charge is 0.301 e. The summed E-state index contributed by atoms with van der Waals surface area (Å²) in [7, 11) is 0. The van der Waals surface area contributed by atoms with Crippen LogP contribution in [0, 0.1) is 13.8 Å². The topological polar surface area (TPSA) is 83.6 Å². The van der Waals surface area contributed by atoms with Crippen molar-refractivity contribution < 1.29 is 19.2 Å². The zero-order chi connectivity index (χ0) is 20.7. The number of hydrogen-bond acceptors (Lipinski definition) is 5.